The van der Waals surface area contributed by atoms with E-state index in [0.717, 1.165) is 87.8 Å². The highest BCUT2D eigenvalue weighted by Crippen LogP contribution is 2.40. The molecule has 6 aromatic rings. The summed E-state index contributed by atoms with van der Waals surface area (Å²) < 4.78 is 48.0. The minimum atomic E-state index is -4.41. The SMILES string of the molecule is COc1cccc(-c2cc(CN(C)C3CCc4c(cc(CN(C)C5CCc6c(cccc6-c6ccccc6)C5)cc4-c4cccc(C(F)(F)F)c4)C3)cc3c2CCC(N(C)C)C3)c1. The number of hydrogen-bond donors (Lipinski definition) is 0. The van der Waals surface area contributed by atoms with Crippen LogP contribution >= 0.6 is 0 Å². The van der Waals surface area contributed by atoms with Crippen molar-refractivity contribution in [2.24, 2.45) is 0 Å². The largest absolute Gasteiger partial charge is 0.497 e. The van der Waals surface area contributed by atoms with Gasteiger partial charge in [0.25, 0.3) is 0 Å². The molecule has 3 unspecified atom stereocenters. The lowest BCUT2D eigenvalue weighted by Gasteiger charge is -2.36. The van der Waals surface area contributed by atoms with Crippen molar-refractivity contribution in [2.75, 3.05) is 35.3 Å². The normalized spacial score (nSPS) is 18.6. The quantitative estimate of drug-likeness (QED) is 0.129. The molecule has 4 nitrogen and oxygen atoms in total. The zero-order valence-electron chi connectivity index (χ0n) is 37.4. The first-order valence-electron chi connectivity index (χ1n) is 22.8. The van der Waals surface area contributed by atoms with E-state index in [-0.39, 0.29) is 0 Å². The van der Waals surface area contributed by atoms with Gasteiger partial charge in [-0.3, -0.25) is 9.80 Å². The smallest absolute Gasteiger partial charge is 0.416 e. The van der Waals surface area contributed by atoms with Gasteiger partial charge in [0.15, 0.2) is 0 Å². The van der Waals surface area contributed by atoms with Crippen LogP contribution in [0.25, 0.3) is 33.4 Å². The van der Waals surface area contributed by atoms with Crippen molar-refractivity contribution in [3.8, 4) is 39.1 Å². The van der Waals surface area contributed by atoms with Crippen molar-refractivity contribution in [1.29, 1.82) is 0 Å². The van der Waals surface area contributed by atoms with Crippen molar-refractivity contribution in [1.82, 2.24) is 14.7 Å². The van der Waals surface area contributed by atoms with Crippen LogP contribution in [0.3, 0.4) is 0 Å². The molecule has 0 spiro atoms. The Morgan fingerprint density at radius 1 is 0.508 bits per heavy atom. The lowest BCUT2D eigenvalue weighted by atomic mass is 9.80. The first-order chi connectivity index (χ1) is 30.4. The fraction of sp³-hybridized carbons (Fsp3) is 0.357. The average molecular weight is 848 g/mol. The van der Waals surface area contributed by atoms with Gasteiger partial charge >= 0.3 is 6.18 Å². The lowest BCUT2D eigenvalue weighted by molar-refractivity contribution is -0.137. The Morgan fingerprint density at radius 2 is 1.02 bits per heavy atom. The third-order valence-corrected chi connectivity index (χ3v) is 14.4. The van der Waals surface area contributed by atoms with Crippen LogP contribution < -0.4 is 4.74 Å². The topological polar surface area (TPSA) is 19.0 Å². The molecule has 0 bridgehead atoms. The fourth-order valence-corrected chi connectivity index (χ4v) is 10.9. The predicted octanol–water partition coefficient (Wildman–Crippen LogP) is 12.1. The Hall–Kier alpha value is -5.21. The maximum Gasteiger partial charge on any atom is 0.416 e. The highest BCUT2D eigenvalue weighted by molar-refractivity contribution is 5.73. The third kappa shape index (κ3) is 9.25. The number of ether oxygens (including phenoxy) is 1. The second-order valence-electron chi connectivity index (χ2n) is 18.7. The molecule has 7 heteroatoms. The molecule has 63 heavy (non-hydrogen) atoms. The van der Waals surface area contributed by atoms with Gasteiger partial charge in [-0.2, -0.15) is 13.2 Å². The standard InChI is InChI=1S/C56H60F3N3O/c1-60(2)46-20-23-52-43(32-46)26-37(29-55(52)42-15-10-18-49(34-42)63-5)36-62(4)48-22-25-53-44(33-48)27-38(28-54(53)40-14-9-17-45(30-40)56(57,58)59)35-61(3)47-21-24-51-41(31-47)16-11-19-50(51)39-12-7-6-8-13-39/h6-19,26-30,34,46-48H,20-25,31-33,35-36H2,1-5H3. The first-order valence-corrected chi connectivity index (χ1v) is 22.8. The van der Waals surface area contributed by atoms with Gasteiger partial charge in [0.2, 0.25) is 0 Å². The van der Waals surface area contributed by atoms with Gasteiger partial charge in [-0.15, -0.1) is 0 Å². The van der Waals surface area contributed by atoms with Gasteiger partial charge in [0.1, 0.15) is 5.75 Å². The van der Waals surface area contributed by atoms with E-state index in [1.54, 1.807) is 13.2 Å². The molecule has 0 amide bonds. The molecule has 0 saturated carbocycles. The number of alkyl halides is 3. The van der Waals surface area contributed by atoms with Crippen molar-refractivity contribution >= 4 is 0 Å². The van der Waals surface area contributed by atoms with E-state index in [2.05, 4.69) is 134 Å². The predicted molar refractivity (Wildman–Crippen MR) is 251 cm³/mol. The van der Waals surface area contributed by atoms with E-state index in [4.69, 9.17) is 4.74 Å². The molecule has 3 aliphatic rings. The summed E-state index contributed by atoms with van der Waals surface area (Å²) in [4.78, 5) is 7.35. The molecule has 3 atom stereocenters. The number of fused-ring (bicyclic) bond motifs is 3. The summed E-state index contributed by atoms with van der Waals surface area (Å²) in [6, 6.07) is 42.4. The van der Waals surface area contributed by atoms with E-state index in [1.807, 2.05) is 12.1 Å². The Balaban J connectivity index is 0.999. The monoisotopic (exact) mass is 847 g/mol. The number of hydrogen-bond acceptors (Lipinski definition) is 4. The number of methoxy groups -OCH3 is 1. The zero-order chi connectivity index (χ0) is 43.8. The van der Waals surface area contributed by atoms with E-state index < -0.39 is 11.7 Å². The molecule has 0 N–H and O–H groups in total. The van der Waals surface area contributed by atoms with Crippen LogP contribution in [0.15, 0.2) is 121 Å². The van der Waals surface area contributed by atoms with Crippen molar-refractivity contribution in [2.45, 2.75) is 95.2 Å². The Labute approximate surface area is 372 Å². The summed E-state index contributed by atoms with van der Waals surface area (Å²) in [6.07, 6.45) is 4.48. The molecular weight excluding hydrogens is 788 g/mol. The molecule has 326 valence electrons. The van der Waals surface area contributed by atoms with Gasteiger partial charge in [0.05, 0.1) is 12.7 Å². The second kappa shape index (κ2) is 18.1. The maximum atomic E-state index is 14.1. The van der Waals surface area contributed by atoms with Gasteiger partial charge in [0, 0.05) is 31.2 Å². The number of benzene rings is 6. The molecule has 0 aliphatic heterocycles. The van der Waals surface area contributed by atoms with Crippen LogP contribution in [0.4, 0.5) is 13.2 Å². The van der Waals surface area contributed by atoms with E-state index in [0.29, 0.717) is 23.7 Å². The van der Waals surface area contributed by atoms with Crippen LogP contribution in [-0.2, 0) is 57.8 Å². The van der Waals surface area contributed by atoms with Crippen molar-refractivity contribution in [3.05, 3.63) is 171 Å². The van der Waals surface area contributed by atoms with Gasteiger partial charge in [-0.1, -0.05) is 84.9 Å². The van der Waals surface area contributed by atoms with Crippen LogP contribution in [0.5, 0.6) is 5.75 Å². The second-order valence-corrected chi connectivity index (χ2v) is 18.7. The molecule has 6 aromatic carbocycles. The summed E-state index contributed by atoms with van der Waals surface area (Å²) in [5.74, 6) is 0.864. The molecule has 0 fully saturated rings. The summed E-state index contributed by atoms with van der Waals surface area (Å²) >= 11 is 0. The zero-order valence-corrected chi connectivity index (χ0v) is 37.4. The summed E-state index contributed by atoms with van der Waals surface area (Å²) in [5.41, 5.74) is 16.7. The Kier molecular flexibility index (Phi) is 12.4. The van der Waals surface area contributed by atoms with Crippen molar-refractivity contribution in [3.63, 3.8) is 0 Å². The van der Waals surface area contributed by atoms with Gasteiger partial charge in [-0.05, 0) is 200 Å². The highest BCUT2D eigenvalue weighted by atomic mass is 19.4. The number of likely N-dealkylation sites (N-methyl/N-ethyl adjacent to an activating group) is 3. The minimum absolute atomic E-state index is 0.291. The first kappa shape index (κ1) is 43.1. The van der Waals surface area contributed by atoms with Crippen LogP contribution in [0, 0.1) is 0 Å². The minimum Gasteiger partial charge on any atom is -0.497 e. The Morgan fingerprint density at radius 3 is 1.60 bits per heavy atom. The molecule has 0 saturated heterocycles. The molecule has 0 heterocycles. The maximum absolute atomic E-state index is 14.1. The summed E-state index contributed by atoms with van der Waals surface area (Å²) in [5, 5.41) is 0. The van der Waals surface area contributed by atoms with E-state index in [1.165, 1.54) is 73.3 Å². The number of nitrogens with zero attached hydrogens (tertiary/aromatic N) is 3. The Bertz CT molecular complexity index is 2580. The highest BCUT2D eigenvalue weighted by Gasteiger charge is 2.32. The van der Waals surface area contributed by atoms with Crippen LogP contribution in [0.2, 0.25) is 0 Å². The molecule has 0 radical (unpaired) electrons. The van der Waals surface area contributed by atoms with E-state index in [9.17, 15) is 13.2 Å². The average Bonchev–Trinajstić information content (AvgIpc) is 3.30. The van der Waals surface area contributed by atoms with E-state index >= 15 is 0 Å². The molecule has 3 aliphatic carbocycles. The summed E-state index contributed by atoms with van der Waals surface area (Å²) in [6.45, 7) is 1.54. The van der Waals surface area contributed by atoms with Gasteiger partial charge < -0.3 is 9.64 Å². The molecular formula is C56H60F3N3O. The fourth-order valence-electron chi connectivity index (χ4n) is 10.9. The van der Waals surface area contributed by atoms with Crippen molar-refractivity contribution < 1.29 is 17.9 Å². The third-order valence-electron chi connectivity index (χ3n) is 14.4. The lowest BCUT2D eigenvalue weighted by Crippen LogP contribution is -2.37. The molecule has 9 rings (SSSR count). The molecule has 0 aromatic heterocycles. The number of halogens is 3. The number of rotatable bonds is 11. The van der Waals surface area contributed by atoms with Gasteiger partial charge in [-0.25, -0.2) is 0 Å². The van der Waals surface area contributed by atoms with Crippen LogP contribution in [0.1, 0.15) is 69.3 Å². The van der Waals surface area contributed by atoms with Crippen LogP contribution in [-0.4, -0.2) is 68.1 Å². The summed E-state index contributed by atoms with van der Waals surface area (Å²) in [7, 11) is 10.6.